The summed E-state index contributed by atoms with van der Waals surface area (Å²) in [5.41, 5.74) is 3.37. The summed E-state index contributed by atoms with van der Waals surface area (Å²) < 4.78 is 15.0. The number of hydrogen-bond acceptors (Lipinski definition) is 3. The highest BCUT2D eigenvalue weighted by Gasteiger charge is 2.44. The van der Waals surface area contributed by atoms with Crippen molar-refractivity contribution in [3.8, 4) is 0 Å². The number of halogens is 2. The predicted octanol–water partition coefficient (Wildman–Crippen LogP) is 2.97. The van der Waals surface area contributed by atoms with E-state index in [9.17, 15) is 4.39 Å². The van der Waals surface area contributed by atoms with Crippen LogP contribution in [0.15, 0.2) is 22.7 Å². The zero-order valence-corrected chi connectivity index (χ0v) is 13.0. The van der Waals surface area contributed by atoms with Crippen LogP contribution in [-0.2, 0) is 0 Å². The number of nitrogens with one attached hydrogen (secondary N) is 1. The molecule has 2 rings (SSSR count). The maximum absolute atomic E-state index is 14.2. The molecule has 1 unspecified atom stereocenters. The van der Waals surface area contributed by atoms with E-state index >= 15 is 0 Å². The van der Waals surface area contributed by atoms with Crippen LogP contribution in [0.5, 0.6) is 0 Å². The van der Waals surface area contributed by atoms with Gasteiger partial charge in [0.05, 0.1) is 6.04 Å². The molecule has 1 aromatic rings. The van der Waals surface area contributed by atoms with E-state index in [1.165, 1.54) is 6.07 Å². The Bertz CT molecular complexity index is 444. The number of nitrogens with two attached hydrogens (primary N) is 1. The number of nitrogens with zero attached hydrogens (tertiary/aromatic N) is 1. The molecule has 1 fully saturated rings. The molecular weight excluding hydrogens is 309 g/mol. The molecule has 0 heterocycles. The molecule has 5 heteroatoms. The number of rotatable bonds is 4. The van der Waals surface area contributed by atoms with E-state index in [-0.39, 0.29) is 17.4 Å². The van der Waals surface area contributed by atoms with Crippen molar-refractivity contribution in [1.82, 2.24) is 10.3 Å². The van der Waals surface area contributed by atoms with Crippen LogP contribution in [-0.4, -0.2) is 24.5 Å². The molecule has 3 N–H and O–H groups in total. The summed E-state index contributed by atoms with van der Waals surface area (Å²) in [6, 6.07) is 4.82. The average molecular weight is 330 g/mol. The molecule has 0 bridgehead atoms. The van der Waals surface area contributed by atoms with Crippen molar-refractivity contribution in [2.45, 2.75) is 37.3 Å². The Kier molecular flexibility index (Phi) is 4.61. The van der Waals surface area contributed by atoms with Crippen LogP contribution in [0.4, 0.5) is 4.39 Å². The lowest BCUT2D eigenvalue weighted by atomic mass is 9.82. The fourth-order valence-corrected chi connectivity index (χ4v) is 3.63. The van der Waals surface area contributed by atoms with Crippen molar-refractivity contribution < 1.29 is 4.39 Å². The molecule has 1 saturated carbocycles. The number of hydrazine groups is 1. The third-order valence-electron chi connectivity index (χ3n) is 4.33. The second-order valence-corrected chi connectivity index (χ2v) is 6.39. The fourth-order valence-electron chi connectivity index (χ4n) is 3.25. The van der Waals surface area contributed by atoms with Gasteiger partial charge in [0.1, 0.15) is 5.82 Å². The first-order valence-electron chi connectivity index (χ1n) is 6.60. The molecule has 106 valence electrons. The molecule has 0 saturated heterocycles. The van der Waals surface area contributed by atoms with Crippen molar-refractivity contribution in [3.63, 3.8) is 0 Å². The third-order valence-corrected chi connectivity index (χ3v) is 4.83. The summed E-state index contributed by atoms with van der Waals surface area (Å²) in [6.07, 6.45) is 4.37. The van der Waals surface area contributed by atoms with Crippen LogP contribution in [0.3, 0.4) is 0 Å². The van der Waals surface area contributed by atoms with Crippen molar-refractivity contribution in [1.29, 1.82) is 0 Å². The molecule has 0 aromatic heterocycles. The molecule has 1 aliphatic rings. The minimum Gasteiger partial charge on any atom is -0.302 e. The fraction of sp³-hybridized carbons (Fsp3) is 0.571. The molecule has 1 atom stereocenters. The topological polar surface area (TPSA) is 41.3 Å². The first-order chi connectivity index (χ1) is 9.01. The average Bonchev–Trinajstić information content (AvgIpc) is 2.85. The van der Waals surface area contributed by atoms with Crippen molar-refractivity contribution >= 4 is 15.9 Å². The quantitative estimate of drug-likeness (QED) is 0.659. The number of likely N-dealkylation sites (N-methyl/N-ethyl adjacent to an activating group) is 1. The zero-order valence-electron chi connectivity index (χ0n) is 11.4. The van der Waals surface area contributed by atoms with Gasteiger partial charge in [-0.2, -0.15) is 0 Å². The van der Waals surface area contributed by atoms with Gasteiger partial charge in [0, 0.05) is 15.6 Å². The van der Waals surface area contributed by atoms with Gasteiger partial charge in [0.25, 0.3) is 0 Å². The second kappa shape index (κ2) is 5.87. The van der Waals surface area contributed by atoms with Crippen LogP contribution in [0.25, 0.3) is 0 Å². The molecular formula is C14H21BrFN3. The summed E-state index contributed by atoms with van der Waals surface area (Å²) in [7, 11) is 4.09. The molecule has 1 aliphatic carbocycles. The molecule has 19 heavy (non-hydrogen) atoms. The lowest BCUT2D eigenvalue weighted by Gasteiger charge is -2.43. The van der Waals surface area contributed by atoms with Crippen molar-refractivity contribution in [3.05, 3.63) is 34.1 Å². The SMILES string of the molecule is CN(C)C1(C(NN)c2cc(Br)ccc2F)CCCC1. The standard InChI is InChI=1S/C14H21BrFN3/c1-19(2)14(7-3-4-8-14)13(18-17)11-9-10(15)5-6-12(11)16/h5-6,9,13,18H,3-4,7-8,17H2,1-2H3. The first kappa shape index (κ1) is 14.9. The third kappa shape index (κ3) is 2.70. The zero-order chi connectivity index (χ0) is 14.0. The Morgan fingerprint density at radius 1 is 1.37 bits per heavy atom. The second-order valence-electron chi connectivity index (χ2n) is 5.47. The lowest BCUT2D eigenvalue weighted by molar-refractivity contribution is 0.103. The summed E-state index contributed by atoms with van der Waals surface area (Å²) in [5, 5.41) is 0. The highest BCUT2D eigenvalue weighted by atomic mass is 79.9. The van der Waals surface area contributed by atoms with Crippen LogP contribution >= 0.6 is 15.9 Å². The molecule has 0 amide bonds. The Morgan fingerprint density at radius 3 is 2.53 bits per heavy atom. The van der Waals surface area contributed by atoms with Crippen molar-refractivity contribution in [2.75, 3.05) is 14.1 Å². The van der Waals surface area contributed by atoms with Crippen LogP contribution < -0.4 is 11.3 Å². The minimum atomic E-state index is -0.209. The Balaban J connectivity index is 2.45. The van der Waals surface area contributed by atoms with Gasteiger partial charge in [-0.3, -0.25) is 11.3 Å². The minimum absolute atomic E-state index is 0.115. The van der Waals surface area contributed by atoms with E-state index in [0.717, 1.165) is 30.2 Å². The first-order valence-corrected chi connectivity index (χ1v) is 7.39. The monoisotopic (exact) mass is 329 g/mol. The van der Waals surface area contributed by atoms with Gasteiger partial charge in [-0.15, -0.1) is 0 Å². The highest BCUT2D eigenvalue weighted by molar-refractivity contribution is 9.10. The molecule has 0 radical (unpaired) electrons. The van der Waals surface area contributed by atoms with E-state index < -0.39 is 0 Å². The smallest absolute Gasteiger partial charge is 0.128 e. The largest absolute Gasteiger partial charge is 0.302 e. The van der Waals surface area contributed by atoms with Crippen molar-refractivity contribution in [2.24, 2.45) is 5.84 Å². The van der Waals surface area contributed by atoms with E-state index in [1.54, 1.807) is 6.07 Å². The van der Waals surface area contributed by atoms with Gasteiger partial charge < -0.3 is 4.90 Å². The lowest BCUT2D eigenvalue weighted by Crippen LogP contribution is -2.53. The van der Waals surface area contributed by atoms with E-state index in [1.807, 2.05) is 20.2 Å². The Morgan fingerprint density at radius 2 is 2.00 bits per heavy atom. The van der Waals surface area contributed by atoms with Gasteiger partial charge in [-0.05, 0) is 45.1 Å². The predicted molar refractivity (Wildman–Crippen MR) is 79.1 cm³/mol. The summed E-state index contributed by atoms with van der Waals surface area (Å²) >= 11 is 3.41. The van der Waals surface area contributed by atoms with Crippen LogP contribution in [0.2, 0.25) is 0 Å². The van der Waals surface area contributed by atoms with E-state index in [4.69, 9.17) is 5.84 Å². The van der Waals surface area contributed by atoms with Crippen LogP contribution in [0.1, 0.15) is 37.3 Å². The number of hydrogen-bond donors (Lipinski definition) is 2. The highest BCUT2D eigenvalue weighted by Crippen LogP contribution is 2.43. The van der Waals surface area contributed by atoms with Gasteiger partial charge in [-0.1, -0.05) is 28.8 Å². The molecule has 0 aliphatic heterocycles. The molecule has 1 aromatic carbocycles. The maximum atomic E-state index is 14.2. The van der Waals surface area contributed by atoms with Gasteiger partial charge >= 0.3 is 0 Å². The summed E-state index contributed by atoms with van der Waals surface area (Å²) in [5.74, 6) is 5.56. The van der Waals surface area contributed by atoms with E-state index in [0.29, 0.717) is 5.56 Å². The van der Waals surface area contributed by atoms with Gasteiger partial charge in [0.15, 0.2) is 0 Å². The Labute approximate surface area is 122 Å². The van der Waals surface area contributed by atoms with Gasteiger partial charge in [0.2, 0.25) is 0 Å². The summed E-state index contributed by atoms with van der Waals surface area (Å²) in [6.45, 7) is 0. The summed E-state index contributed by atoms with van der Waals surface area (Å²) in [4.78, 5) is 2.19. The Hall–Kier alpha value is -0.490. The van der Waals surface area contributed by atoms with Crippen LogP contribution in [0, 0.1) is 5.82 Å². The normalized spacial score (nSPS) is 19.9. The van der Waals surface area contributed by atoms with E-state index in [2.05, 4.69) is 26.3 Å². The van der Waals surface area contributed by atoms with Gasteiger partial charge in [-0.25, -0.2) is 4.39 Å². The number of benzene rings is 1. The molecule has 0 spiro atoms. The maximum Gasteiger partial charge on any atom is 0.128 e. The molecule has 3 nitrogen and oxygen atoms in total.